The summed E-state index contributed by atoms with van der Waals surface area (Å²) >= 11 is 0. The lowest BCUT2D eigenvalue weighted by Gasteiger charge is -2.10. The maximum Gasteiger partial charge on any atom is 0.336 e. The highest BCUT2D eigenvalue weighted by Crippen LogP contribution is 2.38. The summed E-state index contributed by atoms with van der Waals surface area (Å²) in [6.45, 7) is 1.69. The highest BCUT2D eigenvalue weighted by atomic mass is 16.4. The van der Waals surface area contributed by atoms with E-state index in [-0.39, 0.29) is 16.9 Å². The Bertz CT molecular complexity index is 1130. The van der Waals surface area contributed by atoms with E-state index in [1.165, 1.54) is 6.07 Å². The number of benzene rings is 3. The third kappa shape index (κ3) is 2.69. The van der Waals surface area contributed by atoms with E-state index >= 15 is 0 Å². The number of aromatic carboxylic acids is 1. The Labute approximate surface area is 155 Å². The minimum atomic E-state index is -1.06. The van der Waals surface area contributed by atoms with Crippen molar-refractivity contribution < 1.29 is 19.5 Å². The number of nitrogens with one attached hydrogen (secondary N) is 1. The van der Waals surface area contributed by atoms with Crippen LogP contribution < -0.4 is 5.32 Å². The summed E-state index contributed by atoms with van der Waals surface area (Å²) in [5, 5.41) is 11.9. The predicted octanol–water partition coefficient (Wildman–Crippen LogP) is 4.16. The Kier molecular flexibility index (Phi) is 3.85. The molecule has 2 N–H and O–H groups in total. The summed E-state index contributed by atoms with van der Waals surface area (Å²) in [7, 11) is 0. The number of carbonyl (C=O) groups is 3. The topological polar surface area (TPSA) is 83.5 Å². The molecule has 0 heterocycles. The molecule has 0 fully saturated rings. The van der Waals surface area contributed by atoms with E-state index in [0.717, 1.165) is 11.1 Å². The van der Waals surface area contributed by atoms with E-state index in [1.54, 1.807) is 43.3 Å². The van der Waals surface area contributed by atoms with Crippen molar-refractivity contribution in [1.29, 1.82) is 0 Å². The zero-order valence-corrected chi connectivity index (χ0v) is 14.4. The van der Waals surface area contributed by atoms with Crippen molar-refractivity contribution in [3.05, 3.63) is 88.5 Å². The van der Waals surface area contributed by atoms with Gasteiger partial charge in [-0.3, -0.25) is 9.59 Å². The van der Waals surface area contributed by atoms with Crippen molar-refractivity contribution in [3.63, 3.8) is 0 Å². The highest BCUT2D eigenvalue weighted by Gasteiger charge is 2.30. The zero-order chi connectivity index (χ0) is 19.1. The molecule has 0 saturated carbocycles. The molecule has 0 bridgehead atoms. The number of fused-ring (bicyclic) bond motifs is 3. The number of amides is 1. The Morgan fingerprint density at radius 3 is 2.30 bits per heavy atom. The van der Waals surface area contributed by atoms with Gasteiger partial charge in [0, 0.05) is 16.8 Å². The molecule has 3 aromatic rings. The molecule has 0 aliphatic heterocycles. The van der Waals surface area contributed by atoms with Crippen LogP contribution in [0.5, 0.6) is 0 Å². The predicted molar refractivity (Wildman–Crippen MR) is 101 cm³/mol. The maximum absolute atomic E-state index is 12.8. The van der Waals surface area contributed by atoms with Gasteiger partial charge in [0.25, 0.3) is 5.91 Å². The van der Waals surface area contributed by atoms with E-state index in [9.17, 15) is 19.5 Å². The van der Waals surface area contributed by atoms with Gasteiger partial charge in [-0.25, -0.2) is 4.79 Å². The number of aryl methyl sites for hydroxylation is 1. The fourth-order valence-corrected chi connectivity index (χ4v) is 3.39. The monoisotopic (exact) mass is 357 g/mol. The SMILES string of the molecule is Cc1ccc(NC(=O)c2cccc3c2C(=O)c2ccccc2-3)cc1C(=O)O. The quantitative estimate of drug-likeness (QED) is 0.577. The minimum Gasteiger partial charge on any atom is -0.478 e. The van der Waals surface area contributed by atoms with Gasteiger partial charge < -0.3 is 10.4 Å². The van der Waals surface area contributed by atoms with Gasteiger partial charge in [-0.05, 0) is 41.8 Å². The second kappa shape index (κ2) is 6.21. The van der Waals surface area contributed by atoms with Gasteiger partial charge in [0.2, 0.25) is 0 Å². The summed E-state index contributed by atoms with van der Waals surface area (Å²) < 4.78 is 0. The van der Waals surface area contributed by atoms with E-state index in [2.05, 4.69) is 5.32 Å². The third-order valence-corrected chi connectivity index (χ3v) is 4.72. The fourth-order valence-electron chi connectivity index (χ4n) is 3.39. The van der Waals surface area contributed by atoms with Crippen LogP contribution in [0.25, 0.3) is 11.1 Å². The molecule has 5 nitrogen and oxygen atoms in total. The van der Waals surface area contributed by atoms with E-state index in [4.69, 9.17) is 0 Å². The molecule has 1 aliphatic rings. The molecule has 0 spiro atoms. The zero-order valence-electron chi connectivity index (χ0n) is 14.4. The van der Waals surface area contributed by atoms with Crippen LogP contribution in [0.2, 0.25) is 0 Å². The normalized spacial score (nSPS) is 11.7. The lowest BCUT2D eigenvalue weighted by atomic mass is 10.00. The summed E-state index contributed by atoms with van der Waals surface area (Å²) in [6, 6.07) is 17.1. The largest absolute Gasteiger partial charge is 0.478 e. The molecule has 0 saturated heterocycles. The number of carbonyl (C=O) groups excluding carboxylic acids is 2. The van der Waals surface area contributed by atoms with E-state index in [1.807, 2.05) is 18.2 Å². The van der Waals surface area contributed by atoms with Gasteiger partial charge in [-0.2, -0.15) is 0 Å². The molecule has 132 valence electrons. The standard InChI is InChI=1S/C22H15NO4/c1-12-9-10-13(11-18(12)22(26)27)23-21(25)17-8-4-7-15-14-5-2-3-6-16(14)20(24)19(15)17/h2-11H,1H3,(H,23,25)(H,26,27). The molecule has 0 aromatic heterocycles. The van der Waals surface area contributed by atoms with Crippen LogP contribution in [0.1, 0.15) is 42.2 Å². The van der Waals surface area contributed by atoms with Crippen LogP contribution in [-0.4, -0.2) is 22.8 Å². The van der Waals surface area contributed by atoms with Crippen LogP contribution in [0, 0.1) is 6.92 Å². The van der Waals surface area contributed by atoms with Crippen LogP contribution in [0.15, 0.2) is 60.7 Å². The number of hydrogen-bond donors (Lipinski definition) is 2. The van der Waals surface area contributed by atoms with Crippen LogP contribution in [0.4, 0.5) is 5.69 Å². The van der Waals surface area contributed by atoms with Crippen molar-refractivity contribution in [2.45, 2.75) is 6.92 Å². The number of hydrogen-bond acceptors (Lipinski definition) is 3. The fraction of sp³-hybridized carbons (Fsp3) is 0.0455. The molecule has 1 amide bonds. The Morgan fingerprint density at radius 1 is 0.852 bits per heavy atom. The molecular weight excluding hydrogens is 342 g/mol. The first-order valence-corrected chi connectivity index (χ1v) is 8.40. The average molecular weight is 357 g/mol. The second-order valence-electron chi connectivity index (χ2n) is 6.39. The van der Waals surface area contributed by atoms with Crippen molar-refractivity contribution in [2.75, 3.05) is 5.32 Å². The second-order valence-corrected chi connectivity index (χ2v) is 6.39. The lowest BCUT2D eigenvalue weighted by molar-refractivity contribution is 0.0695. The van der Waals surface area contributed by atoms with E-state index in [0.29, 0.717) is 22.4 Å². The first-order chi connectivity index (χ1) is 13.0. The van der Waals surface area contributed by atoms with Crippen LogP contribution >= 0.6 is 0 Å². The Hall–Kier alpha value is -3.73. The molecule has 0 atom stereocenters. The molecule has 27 heavy (non-hydrogen) atoms. The third-order valence-electron chi connectivity index (χ3n) is 4.72. The smallest absolute Gasteiger partial charge is 0.336 e. The van der Waals surface area contributed by atoms with Gasteiger partial charge in [0.05, 0.1) is 11.1 Å². The molecule has 0 unspecified atom stereocenters. The van der Waals surface area contributed by atoms with Gasteiger partial charge in [0.15, 0.2) is 5.78 Å². The first kappa shape index (κ1) is 16.7. The summed E-state index contributed by atoms with van der Waals surface area (Å²) in [4.78, 5) is 36.9. The number of ketones is 1. The number of carboxylic acid groups (broad SMARTS) is 1. The summed E-state index contributed by atoms with van der Waals surface area (Å²) in [5.74, 6) is -1.69. The van der Waals surface area contributed by atoms with Crippen molar-refractivity contribution >= 4 is 23.3 Å². The average Bonchev–Trinajstić information content (AvgIpc) is 2.96. The maximum atomic E-state index is 12.8. The van der Waals surface area contributed by atoms with E-state index < -0.39 is 11.9 Å². The molecule has 4 rings (SSSR count). The molecular formula is C22H15NO4. The van der Waals surface area contributed by atoms with Gasteiger partial charge >= 0.3 is 5.97 Å². The van der Waals surface area contributed by atoms with Gasteiger partial charge in [-0.1, -0.05) is 42.5 Å². The van der Waals surface area contributed by atoms with Crippen LogP contribution in [-0.2, 0) is 0 Å². The Balaban J connectivity index is 1.72. The highest BCUT2D eigenvalue weighted by molar-refractivity contribution is 6.26. The summed E-state index contributed by atoms with van der Waals surface area (Å²) in [5.41, 5.74) is 3.86. The number of carboxylic acids is 1. The minimum absolute atomic E-state index is 0.120. The molecule has 5 heteroatoms. The molecule has 1 aliphatic carbocycles. The van der Waals surface area contributed by atoms with Gasteiger partial charge in [0.1, 0.15) is 0 Å². The molecule has 3 aromatic carbocycles. The number of anilines is 1. The Morgan fingerprint density at radius 2 is 1.56 bits per heavy atom. The first-order valence-electron chi connectivity index (χ1n) is 8.40. The van der Waals surface area contributed by atoms with Gasteiger partial charge in [-0.15, -0.1) is 0 Å². The lowest BCUT2D eigenvalue weighted by Crippen LogP contribution is -2.16. The van der Waals surface area contributed by atoms with Crippen molar-refractivity contribution in [1.82, 2.24) is 0 Å². The molecule has 0 radical (unpaired) electrons. The number of rotatable bonds is 3. The van der Waals surface area contributed by atoms with Crippen LogP contribution in [0.3, 0.4) is 0 Å². The summed E-state index contributed by atoms with van der Waals surface area (Å²) in [6.07, 6.45) is 0. The van der Waals surface area contributed by atoms with Crippen molar-refractivity contribution in [3.8, 4) is 11.1 Å². The van der Waals surface area contributed by atoms with Crippen molar-refractivity contribution in [2.24, 2.45) is 0 Å².